The highest BCUT2D eigenvalue weighted by molar-refractivity contribution is 6.42. The number of amides is 2. The van der Waals surface area contributed by atoms with E-state index in [2.05, 4.69) is 35.4 Å². The van der Waals surface area contributed by atoms with Crippen LogP contribution in [0.15, 0.2) is 36.4 Å². The molecule has 1 aliphatic rings. The Hall–Kier alpha value is -2.17. The molecule has 0 saturated heterocycles. The van der Waals surface area contributed by atoms with Crippen molar-refractivity contribution < 1.29 is 4.79 Å². The van der Waals surface area contributed by atoms with Gasteiger partial charge in [-0.3, -0.25) is 0 Å². The molecule has 0 aliphatic carbocycles. The largest absolute Gasteiger partial charge is 0.358 e. The zero-order valence-corrected chi connectivity index (χ0v) is 15.9. The molecule has 0 spiro atoms. The zero-order chi connectivity index (χ0) is 18.3. The van der Waals surface area contributed by atoms with Crippen molar-refractivity contribution in [2.24, 2.45) is 0 Å². The number of rotatable bonds is 1. The number of carbonyl (C=O) groups excluding carboxylic acids is 1. The lowest BCUT2D eigenvalue weighted by Crippen LogP contribution is -2.36. The van der Waals surface area contributed by atoms with Crippen molar-refractivity contribution in [3.8, 4) is 0 Å². The SMILES string of the molecule is Cc1ccc2[nH]c3c(c2c1)CCN(C(=O)Nc1ccc(Cl)c(Cl)c1)CC3. The molecule has 0 bridgehead atoms. The zero-order valence-electron chi connectivity index (χ0n) is 14.4. The lowest BCUT2D eigenvalue weighted by molar-refractivity contribution is 0.214. The number of nitrogens with zero attached hydrogens (tertiary/aromatic N) is 1. The number of halogens is 2. The maximum Gasteiger partial charge on any atom is 0.321 e. The molecular weight excluding hydrogens is 369 g/mol. The minimum atomic E-state index is -0.117. The number of urea groups is 1. The Morgan fingerprint density at radius 1 is 1.08 bits per heavy atom. The molecule has 6 heteroatoms. The van der Waals surface area contributed by atoms with Crippen LogP contribution in [0.3, 0.4) is 0 Å². The molecular formula is C20H19Cl2N3O. The molecule has 4 rings (SSSR count). The highest BCUT2D eigenvalue weighted by Gasteiger charge is 2.21. The third kappa shape index (κ3) is 3.27. The molecule has 1 aliphatic heterocycles. The Balaban J connectivity index is 1.50. The van der Waals surface area contributed by atoms with Gasteiger partial charge in [0, 0.05) is 41.8 Å². The Morgan fingerprint density at radius 3 is 2.69 bits per heavy atom. The standard InChI is InChI=1S/C20H19Cl2N3O/c1-12-2-5-18-15(10-12)14-6-8-25(9-7-19(14)24-18)20(26)23-13-3-4-16(21)17(22)11-13/h2-5,10-11,24H,6-9H2,1H3,(H,23,26). The summed E-state index contributed by atoms with van der Waals surface area (Å²) in [5.74, 6) is 0. The summed E-state index contributed by atoms with van der Waals surface area (Å²) >= 11 is 11.9. The van der Waals surface area contributed by atoms with Crippen molar-refractivity contribution in [2.75, 3.05) is 18.4 Å². The first kappa shape index (κ1) is 17.3. The molecule has 1 aromatic heterocycles. The van der Waals surface area contributed by atoms with Crippen LogP contribution in [-0.4, -0.2) is 29.0 Å². The molecule has 2 N–H and O–H groups in total. The Bertz CT molecular complexity index is 996. The van der Waals surface area contributed by atoms with E-state index >= 15 is 0 Å². The maximum absolute atomic E-state index is 12.6. The monoisotopic (exact) mass is 387 g/mol. The summed E-state index contributed by atoms with van der Waals surface area (Å²) in [6.07, 6.45) is 1.66. The van der Waals surface area contributed by atoms with Gasteiger partial charge in [0.2, 0.25) is 0 Å². The number of aromatic amines is 1. The van der Waals surface area contributed by atoms with Crippen LogP contribution in [0.2, 0.25) is 10.0 Å². The molecule has 0 radical (unpaired) electrons. The van der Waals surface area contributed by atoms with E-state index in [1.54, 1.807) is 18.2 Å². The van der Waals surface area contributed by atoms with Crippen LogP contribution in [0.5, 0.6) is 0 Å². The fourth-order valence-corrected chi connectivity index (χ4v) is 3.80. The van der Waals surface area contributed by atoms with E-state index in [4.69, 9.17) is 23.2 Å². The number of H-pyrrole nitrogens is 1. The number of aryl methyl sites for hydroxylation is 1. The van der Waals surface area contributed by atoms with Crippen LogP contribution in [0, 0.1) is 6.92 Å². The number of fused-ring (bicyclic) bond motifs is 3. The van der Waals surface area contributed by atoms with Gasteiger partial charge in [0.1, 0.15) is 0 Å². The van der Waals surface area contributed by atoms with E-state index in [-0.39, 0.29) is 6.03 Å². The van der Waals surface area contributed by atoms with Crippen LogP contribution in [0.4, 0.5) is 10.5 Å². The molecule has 0 fully saturated rings. The van der Waals surface area contributed by atoms with Gasteiger partial charge in [-0.1, -0.05) is 34.8 Å². The number of nitrogens with one attached hydrogen (secondary N) is 2. The summed E-state index contributed by atoms with van der Waals surface area (Å²) in [5, 5.41) is 5.08. The van der Waals surface area contributed by atoms with Gasteiger partial charge in [-0.05, 0) is 49.2 Å². The molecule has 0 unspecified atom stereocenters. The minimum Gasteiger partial charge on any atom is -0.358 e. The molecule has 3 aromatic rings. The summed E-state index contributed by atoms with van der Waals surface area (Å²) in [7, 11) is 0. The van der Waals surface area contributed by atoms with Gasteiger partial charge in [0.25, 0.3) is 0 Å². The fraction of sp³-hybridized carbons (Fsp3) is 0.250. The van der Waals surface area contributed by atoms with Gasteiger partial charge < -0.3 is 15.2 Å². The van der Waals surface area contributed by atoms with Gasteiger partial charge in [0.05, 0.1) is 10.0 Å². The second kappa shape index (κ2) is 6.86. The number of aromatic nitrogens is 1. The van der Waals surface area contributed by atoms with Crippen LogP contribution in [0.1, 0.15) is 16.8 Å². The number of hydrogen-bond acceptors (Lipinski definition) is 1. The van der Waals surface area contributed by atoms with Crippen LogP contribution in [-0.2, 0) is 12.8 Å². The van der Waals surface area contributed by atoms with Crippen molar-refractivity contribution in [1.29, 1.82) is 0 Å². The van der Waals surface area contributed by atoms with Gasteiger partial charge in [-0.2, -0.15) is 0 Å². The van der Waals surface area contributed by atoms with Crippen LogP contribution >= 0.6 is 23.2 Å². The van der Waals surface area contributed by atoms with E-state index < -0.39 is 0 Å². The third-order valence-electron chi connectivity index (χ3n) is 4.87. The third-order valence-corrected chi connectivity index (χ3v) is 5.61. The summed E-state index contributed by atoms with van der Waals surface area (Å²) in [6.45, 7) is 3.46. The summed E-state index contributed by atoms with van der Waals surface area (Å²) in [5.41, 5.74) is 5.63. The summed E-state index contributed by atoms with van der Waals surface area (Å²) in [6, 6.07) is 11.5. The van der Waals surface area contributed by atoms with Crippen LogP contribution in [0.25, 0.3) is 10.9 Å². The van der Waals surface area contributed by atoms with Gasteiger partial charge >= 0.3 is 6.03 Å². The quantitative estimate of drug-likeness (QED) is 0.575. The van der Waals surface area contributed by atoms with E-state index in [1.165, 1.54) is 27.7 Å². The lowest BCUT2D eigenvalue weighted by Gasteiger charge is -2.21. The van der Waals surface area contributed by atoms with Crippen molar-refractivity contribution in [1.82, 2.24) is 9.88 Å². The predicted molar refractivity (Wildman–Crippen MR) is 107 cm³/mol. The number of benzene rings is 2. The van der Waals surface area contributed by atoms with Crippen molar-refractivity contribution in [3.05, 3.63) is 63.3 Å². The molecule has 2 heterocycles. The normalized spacial score (nSPS) is 14.2. The Labute approximate surface area is 162 Å². The summed E-state index contributed by atoms with van der Waals surface area (Å²) in [4.78, 5) is 18.0. The van der Waals surface area contributed by atoms with Crippen molar-refractivity contribution in [2.45, 2.75) is 19.8 Å². The average Bonchev–Trinajstić information content (AvgIpc) is 2.81. The van der Waals surface area contributed by atoms with Gasteiger partial charge in [-0.15, -0.1) is 0 Å². The smallest absolute Gasteiger partial charge is 0.321 e. The maximum atomic E-state index is 12.6. The van der Waals surface area contributed by atoms with E-state index in [0.717, 1.165) is 12.8 Å². The van der Waals surface area contributed by atoms with Crippen molar-refractivity contribution in [3.63, 3.8) is 0 Å². The molecule has 2 aromatic carbocycles. The Morgan fingerprint density at radius 2 is 1.88 bits per heavy atom. The van der Waals surface area contributed by atoms with Crippen LogP contribution < -0.4 is 5.32 Å². The minimum absolute atomic E-state index is 0.117. The molecule has 2 amide bonds. The topological polar surface area (TPSA) is 48.1 Å². The highest BCUT2D eigenvalue weighted by Crippen LogP contribution is 2.28. The molecule has 134 valence electrons. The molecule has 0 saturated carbocycles. The van der Waals surface area contributed by atoms with Gasteiger partial charge in [0.15, 0.2) is 0 Å². The first-order valence-electron chi connectivity index (χ1n) is 8.62. The van der Waals surface area contributed by atoms with Gasteiger partial charge in [-0.25, -0.2) is 4.79 Å². The first-order valence-corrected chi connectivity index (χ1v) is 9.38. The van der Waals surface area contributed by atoms with Crippen molar-refractivity contribution >= 4 is 45.8 Å². The average molecular weight is 388 g/mol. The van der Waals surface area contributed by atoms with E-state index in [9.17, 15) is 4.79 Å². The molecule has 0 atom stereocenters. The number of carbonyl (C=O) groups is 1. The summed E-state index contributed by atoms with van der Waals surface area (Å²) < 4.78 is 0. The second-order valence-corrected chi connectivity index (χ2v) is 7.49. The number of hydrogen-bond donors (Lipinski definition) is 2. The highest BCUT2D eigenvalue weighted by atomic mass is 35.5. The second-order valence-electron chi connectivity index (χ2n) is 6.68. The predicted octanol–water partition coefficient (Wildman–Crippen LogP) is 5.42. The molecule has 26 heavy (non-hydrogen) atoms. The first-order chi connectivity index (χ1) is 12.5. The van der Waals surface area contributed by atoms with E-state index in [0.29, 0.717) is 28.8 Å². The molecule has 4 nitrogen and oxygen atoms in total. The number of anilines is 1. The van der Waals surface area contributed by atoms with E-state index in [1.807, 2.05) is 4.90 Å². The Kier molecular flexibility index (Phi) is 4.55. The fourth-order valence-electron chi connectivity index (χ4n) is 3.50. The lowest BCUT2D eigenvalue weighted by atomic mass is 10.1.